The normalized spacial score (nSPS) is 11.5. The number of rotatable bonds is 7. The Labute approximate surface area is 131 Å². The summed E-state index contributed by atoms with van der Waals surface area (Å²) in [5.41, 5.74) is 0.968. The molecule has 0 saturated carbocycles. The highest BCUT2D eigenvalue weighted by atomic mass is 32.2. The first-order valence-electron chi connectivity index (χ1n) is 7.10. The minimum Gasteiger partial charge on any atom is -0.377 e. The summed E-state index contributed by atoms with van der Waals surface area (Å²) in [5, 5.41) is 1.58. The Morgan fingerprint density at radius 1 is 1.09 bits per heavy atom. The molecule has 1 N–H and O–H groups in total. The molecule has 6 heteroatoms. The third kappa shape index (κ3) is 3.45. The molecule has 5 nitrogen and oxygen atoms in total. The molecule has 0 heterocycles. The van der Waals surface area contributed by atoms with Gasteiger partial charge in [0.25, 0.3) is 0 Å². The van der Waals surface area contributed by atoms with Crippen LogP contribution in [0, 0.1) is 0 Å². The number of hydrogen-bond donors (Lipinski definition) is 1. The van der Waals surface area contributed by atoms with Crippen molar-refractivity contribution in [2.75, 3.05) is 25.5 Å². The highest BCUT2D eigenvalue weighted by Crippen LogP contribution is 2.29. The number of unbranched alkanes of at least 4 members (excludes halogenated alkanes) is 1. The van der Waals surface area contributed by atoms with Gasteiger partial charge in [-0.1, -0.05) is 24.3 Å². The van der Waals surface area contributed by atoms with E-state index in [-0.39, 0.29) is 11.4 Å². The summed E-state index contributed by atoms with van der Waals surface area (Å²) in [6, 6.07) is 10.9. The third-order valence-electron chi connectivity index (χ3n) is 3.42. The lowest BCUT2D eigenvalue weighted by Crippen LogP contribution is -2.25. The number of hydrogen-bond acceptors (Lipinski definition) is 4. The highest BCUT2D eigenvalue weighted by molar-refractivity contribution is 7.89. The van der Waals surface area contributed by atoms with E-state index in [1.54, 1.807) is 12.1 Å². The summed E-state index contributed by atoms with van der Waals surface area (Å²) in [6.07, 6.45) is 1.63. The Kier molecular flexibility index (Phi) is 5.15. The van der Waals surface area contributed by atoms with Crippen molar-refractivity contribution in [3.8, 4) is 0 Å². The molecular weight excluding hydrogens is 300 g/mol. The number of aldehydes is 1. The standard InChI is InChI=1S/C16H20N2O3S/c1-18(2)15-9-5-8-14-13(15)7-6-10-16(14)22(20,21)17-11-3-4-12-19/h5-10,12,17H,3-4,11H2,1-2H3. The second-order valence-corrected chi connectivity index (χ2v) is 6.96. The molecule has 0 amide bonds. The largest absolute Gasteiger partial charge is 0.377 e. The fourth-order valence-electron chi connectivity index (χ4n) is 2.36. The third-order valence-corrected chi connectivity index (χ3v) is 4.94. The molecule has 0 bridgehead atoms. The monoisotopic (exact) mass is 320 g/mol. The molecule has 0 aliphatic carbocycles. The topological polar surface area (TPSA) is 66.5 Å². The van der Waals surface area contributed by atoms with E-state index in [4.69, 9.17) is 0 Å². The molecule has 2 rings (SSSR count). The molecule has 0 unspecified atom stereocenters. The van der Waals surface area contributed by atoms with Gasteiger partial charge >= 0.3 is 0 Å². The molecule has 0 saturated heterocycles. The predicted octanol–water partition coefficient (Wildman–Crippen LogP) is 2.16. The second kappa shape index (κ2) is 6.89. The lowest BCUT2D eigenvalue weighted by atomic mass is 10.1. The van der Waals surface area contributed by atoms with Gasteiger partial charge in [0.15, 0.2) is 0 Å². The van der Waals surface area contributed by atoms with Crippen LogP contribution in [0.5, 0.6) is 0 Å². The van der Waals surface area contributed by atoms with Crippen molar-refractivity contribution in [1.29, 1.82) is 0 Å². The van der Waals surface area contributed by atoms with E-state index in [2.05, 4.69) is 4.72 Å². The SMILES string of the molecule is CN(C)c1cccc2c(S(=O)(=O)NCCCC=O)cccc12. The van der Waals surface area contributed by atoms with Crippen LogP contribution in [0.3, 0.4) is 0 Å². The predicted molar refractivity (Wildman–Crippen MR) is 88.8 cm³/mol. The zero-order valence-electron chi connectivity index (χ0n) is 12.7. The van der Waals surface area contributed by atoms with Crippen LogP contribution >= 0.6 is 0 Å². The number of fused-ring (bicyclic) bond motifs is 1. The van der Waals surface area contributed by atoms with E-state index in [1.165, 1.54) is 0 Å². The zero-order valence-corrected chi connectivity index (χ0v) is 13.6. The Bertz CT molecular complexity index is 770. The first-order chi connectivity index (χ1) is 10.5. The number of sulfonamides is 1. The summed E-state index contributed by atoms with van der Waals surface area (Å²) in [7, 11) is 0.254. The fourth-order valence-corrected chi connectivity index (χ4v) is 3.65. The number of carbonyl (C=O) groups excluding carboxylic acids is 1. The molecule has 0 spiro atoms. The van der Waals surface area contributed by atoms with E-state index < -0.39 is 10.0 Å². The number of benzene rings is 2. The molecule has 0 radical (unpaired) electrons. The molecular formula is C16H20N2O3S. The van der Waals surface area contributed by atoms with Crippen LogP contribution in [-0.2, 0) is 14.8 Å². The average Bonchev–Trinajstić information content (AvgIpc) is 2.50. The quantitative estimate of drug-likeness (QED) is 0.627. The van der Waals surface area contributed by atoms with Crippen LogP contribution in [0.1, 0.15) is 12.8 Å². The average molecular weight is 320 g/mol. The van der Waals surface area contributed by atoms with Crippen molar-refractivity contribution < 1.29 is 13.2 Å². The smallest absolute Gasteiger partial charge is 0.241 e. The molecule has 0 atom stereocenters. The van der Waals surface area contributed by atoms with E-state index in [9.17, 15) is 13.2 Å². The van der Waals surface area contributed by atoms with Gasteiger partial charge in [0, 0.05) is 43.5 Å². The van der Waals surface area contributed by atoms with E-state index in [1.807, 2.05) is 43.3 Å². The zero-order chi connectivity index (χ0) is 16.2. The maximum Gasteiger partial charge on any atom is 0.241 e. The van der Waals surface area contributed by atoms with Gasteiger partial charge in [0.2, 0.25) is 10.0 Å². The first-order valence-corrected chi connectivity index (χ1v) is 8.58. The molecule has 22 heavy (non-hydrogen) atoms. The Morgan fingerprint density at radius 2 is 1.77 bits per heavy atom. The van der Waals surface area contributed by atoms with Gasteiger partial charge in [-0.05, 0) is 18.6 Å². The maximum absolute atomic E-state index is 12.5. The Hall–Kier alpha value is -1.92. The summed E-state index contributed by atoms with van der Waals surface area (Å²) in [5.74, 6) is 0. The first kappa shape index (κ1) is 16.5. The molecule has 0 aliphatic heterocycles. The summed E-state index contributed by atoms with van der Waals surface area (Å²) >= 11 is 0. The van der Waals surface area contributed by atoms with Crippen LogP contribution in [-0.4, -0.2) is 35.3 Å². The second-order valence-electron chi connectivity index (χ2n) is 5.23. The van der Waals surface area contributed by atoms with Crippen molar-refractivity contribution in [2.24, 2.45) is 0 Å². The number of nitrogens with one attached hydrogen (secondary N) is 1. The van der Waals surface area contributed by atoms with E-state index in [0.29, 0.717) is 18.2 Å². The van der Waals surface area contributed by atoms with Gasteiger partial charge in [0.1, 0.15) is 6.29 Å². The van der Waals surface area contributed by atoms with Gasteiger partial charge in [-0.3, -0.25) is 0 Å². The van der Waals surface area contributed by atoms with Crippen LogP contribution in [0.4, 0.5) is 5.69 Å². The van der Waals surface area contributed by atoms with Crippen molar-refractivity contribution in [1.82, 2.24) is 4.72 Å². The number of carbonyl (C=O) groups is 1. The number of nitrogens with zero attached hydrogens (tertiary/aromatic N) is 1. The molecule has 0 fully saturated rings. The Balaban J connectivity index is 2.43. The van der Waals surface area contributed by atoms with Crippen LogP contribution < -0.4 is 9.62 Å². The number of anilines is 1. The van der Waals surface area contributed by atoms with Gasteiger partial charge in [-0.25, -0.2) is 13.1 Å². The van der Waals surface area contributed by atoms with Gasteiger partial charge < -0.3 is 9.69 Å². The van der Waals surface area contributed by atoms with Crippen molar-refractivity contribution in [3.05, 3.63) is 36.4 Å². The molecule has 2 aromatic rings. The maximum atomic E-state index is 12.5. The van der Waals surface area contributed by atoms with Crippen molar-refractivity contribution in [2.45, 2.75) is 17.7 Å². The summed E-state index contributed by atoms with van der Waals surface area (Å²) < 4.78 is 27.5. The Morgan fingerprint density at radius 3 is 2.45 bits per heavy atom. The van der Waals surface area contributed by atoms with Crippen molar-refractivity contribution in [3.63, 3.8) is 0 Å². The van der Waals surface area contributed by atoms with Crippen LogP contribution in [0.15, 0.2) is 41.3 Å². The van der Waals surface area contributed by atoms with Crippen molar-refractivity contribution >= 4 is 32.8 Å². The minimum absolute atomic E-state index is 0.255. The van der Waals surface area contributed by atoms with Crippen LogP contribution in [0.25, 0.3) is 10.8 Å². The lowest BCUT2D eigenvalue weighted by Gasteiger charge is -2.17. The lowest BCUT2D eigenvalue weighted by molar-refractivity contribution is -0.107. The minimum atomic E-state index is -3.59. The van der Waals surface area contributed by atoms with Gasteiger partial charge in [0.05, 0.1) is 4.90 Å². The van der Waals surface area contributed by atoms with Gasteiger partial charge in [-0.15, -0.1) is 0 Å². The summed E-state index contributed by atoms with van der Waals surface area (Å²) in [6.45, 7) is 0.255. The van der Waals surface area contributed by atoms with E-state index >= 15 is 0 Å². The fraction of sp³-hybridized carbons (Fsp3) is 0.312. The molecule has 118 valence electrons. The molecule has 0 aromatic heterocycles. The molecule has 2 aromatic carbocycles. The van der Waals surface area contributed by atoms with E-state index in [0.717, 1.165) is 17.4 Å². The summed E-state index contributed by atoms with van der Waals surface area (Å²) in [4.78, 5) is 12.5. The highest BCUT2D eigenvalue weighted by Gasteiger charge is 2.17. The molecule has 0 aliphatic rings. The van der Waals surface area contributed by atoms with Gasteiger partial charge in [-0.2, -0.15) is 0 Å². The van der Waals surface area contributed by atoms with Crippen LogP contribution in [0.2, 0.25) is 0 Å².